The lowest BCUT2D eigenvalue weighted by Gasteiger charge is -2.04. The Morgan fingerprint density at radius 2 is 1.77 bits per heavy atom. The molecule has 0 fully saturated rings. The summed E-state index contributed by atoms with van der Waals surface area (Å²) in [5.74, 6) is -0.880. The molecule has 0 aliphatic heterocycles. The van der Waals surface area contributed by atoms with E-state index in [-0.39, 0.29) is 6.79 Å². The molecule has 2 rings (SSSR count). The van der Waals surface area contributed by atoms with E-state index in [4.69, 9.17) is 19.3 Å². The standard InChI is InChI=1S/C15H18O5S2/c1-18-8-9-20-10-19-7-6-11-2-3-12(21-11)13-4-5-14(22-13)15(16)17/h2-5H,6-10H2,1H3,(H,16,17). The highest BCUT2D eigenvalue weighted by molar-refractivity contribution is 7.23. The molecule has 0 unspecified atom stereocenters. The van der Waals surface area contributed by atoms with E-state index in [9.17, 15) is 4.79 Å². The lowest BCUT2D eigenvalue weighted by molar-refractivity contribution is -0.0646. The third-order valence-corrected chi connectivity index (χ3v) is 5.23. The van der Waals surface area contributed by atoms with Crippen LogP contribution in [0.15, 0.2) is 24.3 Å². The number of rotatable bonds is 10. The van der Waals surface area contributed by atoms with Crippen molar-refractivity contribution in [2.75, 3.05) is 33.7 Å². The van der Waals surface area contributed by atoms with E-state index in [1.807, 2.05) is 12.1 Å². The van der Waals surface area contributed by atoms with Gasteiger partial charge in [-0.1, -0.05) is 0 Å². The fraction of sp³-hybridized carbons (Fsp3) is 0.400. The lowest BCUT2D eigenvalue weighted by Crippen LogP contribution is -2.07. The van der Waals surface area contributed by atoms with Gasteiger partial charge in [0, 0.05) is 28.2 Å². The SMILES string of the molecule is COCCOCOCCc1ccc(-c2ccc(C(=O)O)s2)s1. The molecule has 1 N–H and O–H groups in total. The molecule has 120 valence electrons. The molecule has 0 saturated heterocycles. The number of hydrogen-bond donors (Lipinski definition) is 1. The van der Waals surface area contributed by atoms with Gasteiger partial charge in [-0.05, 0) is 24.3 Å². The zero-order valence-corrected chi connectivity index (χ0v) is 13.9. The summed E-state index contributed by atoms with van der Waals surface area (Å²) >= 11 is 2.95. The minimum atomic E-state index is -0.880. The van der Waals surface area contributed by atoms with Crippen molar-refractivity contribution in [2.24, 2.45) is 0 Å². The third-order valence-electron chi connectivity index (χ3n) is 2.81. The molecule has 0 aliphatic rings. The second-order valence-corrected chi connectivity index (χ2v) is 6.66. The quantitative estimate of drug-likeness (QED) is 0.530. The van der Waals surface area contributed by atoms with Crippen LogP contribution in [0.2, 0.25) is 0 Å². The van der Waals surface area contributed by atoms with Crippen LogP contribution in [0.1, 0.15) is 14.5 Å². The summed E-state index contributed by atoms with van der Waals surface area (Å²) < 4.78 is 15.5. The molecule has 0 amide bonds. The van der Waals surface area contributed by atoms with E-state index in [1.54, 1.807) is 24.5 Å². The zero-order chi connectivity index (χ0) is 15.8. The van der Waals surface area contributed by atoms with Crippen molar-refractivity contribution >= 4 is 28.6 Å². The molecular weight excluding hydrogens is 324 g/mol. The lowest BCUT2D eigenvalue weighted by atomic mass is 10.3. The van der Waals surface area contributed by atoms with E-state index in [0.717, 1.165) is 16.2 Å². The number of thiophene rings is 2. The molecule has 0 aromatic carbocycles. The van der Waals surface area contributed by atoms with Gasteiger partial charge in [-0.2, -0.15) is 0 Å². The summed E-state index contributed by atoms with van der Waals surface area (Å²) in [6.45, 7) is 1.97. The van der Waals surface area contributed by atoms with Crippen molar-refractivity contribution in [3.8, 4) is 9.75 Å². The Labute approximate surface area is 137 Å². The van der Waals surface area contributed by atoms with Crippen LogP contribution in [0.5, 0.6) is 0 Å². The molecule has 0 aliphatic carbocycles. The molecule has 0 spiro atoms. The first kappa shape index (κ1) is 17.1. The van der Waals surface area contributed by atoms with Gasteiger partial charge in [0.2, 0.25) is 0 Å². The Hall–Kier alpha value is -1.25. The average Bonchev–Trinajstić information content (AvgIpc) is 3.15. The van der Waals surface area contributed by atoms with Crippen LogP contribution in [0.4, 0.5) is 0 Å². The first-order valence-corrected chi connectivity index (χ1v) is 8.40. The van der Waals surface area contributed by atoms with Crippen molar-refractivity contribution in [1.29, 1.82) is 0 Å². The predicted molar refractivity (Wildman–Crippen MR) is 86.9 cm³/mol. The van der Waals surface area contributed by atoms with E-state index >= 15 is 0 Å². The van der Waals surface area contributed by atoms with Gasteiger partial charge in [-0.25, -0.2) is 4.79 Å². The monoisotopic (exact) mass is 342 g/mol. The van der Waals surface area contributed by atoms with Crippen LogP contribution in [0.3, 0.4) is 0 Å². The van der Waals surface area contributed by atoms with Crippen molar-refractivity contribution < 1.29 is 24.1 Å². The van der Waals surface area contributed by atoms with E-state index in [2.05, 4.69) is 6.07 Å². The summed E-state index contributed by atoms with van der Waals surface area (Å²) in [7, 11) is 1.63. The van der Waals surface area contributed by atoms with E-state index in [0.29, 0.717) is 24.7 Å². The minimum Gasteiger partial charge on any atom is -0.477 e. The molecule has 7 heteroatoms. The summed E-state index contributed by atoms with van der Waals surface area (Å²) in [5.41, 5.74) is 0. The third kappa shape index (κ3) is 5.19. The summed E-state index contributed by atoms with van der Waals surface area (Å²) in [5, 5.41) is 8.95. The van der Waals surface area contributed by atoms with Crippen LogP contribution >= 0.6 is 22.7 Å². The molecule has 2 aromatic rings. The Bertz CT molecular complexity index is 590. The van der Waals surface area contributed by atoms with Crippen molar-refractivity contribution in [1.82, 2.24) is 0 Å². The topological polar surface area (TPSA) is 65.0 Å². The molecule has 0 radical (unpaired) electrons. The molecule has 2 aromatic heterocycles. The van der Waals surface area contributed by atoms with Gasteiger partial charge in [0.05, 0.1) is 19.8 Å². The van der Waals surface area contributed by atoms with Gasteiger partial charge in [-0.15, -0.1) is 22.7 Å². The number of aromatic carboxylic acids is 1. The normalized spacial score (nSPS) is 11.0. The zero-order valence-electron chi connectivity index (χ0n) is 12.2. The molecule has 2 heterocycles. The maximum Gasteiger partial charge on any atom is 0.345 e. The Morgan fingerprint density at radius 1 is 1.05 bits per heavy atom. The molecule has 0 atom stereocenters. The van der Waals surface area contributed by atoms with Gasteiger partial charge in [0.25, 0.3) is 0 Å². The number of carboxylic acids is 1. The number of carbonyl (C=O) groups is 1. The molecule has 5 nitrogen and oxygen atoms in total. The number of ether oxygens (including phenoxy) is 3. The van der Waals surface area contributed by atoms with E-state index < -0.39 is 5.97 Å². The first-order valence-electron chi connectivity index (χ1n) is 6.77. The van der Waals surface area contributed by atoms with Gasteiger partial charge in [-0.3, -0.25) is 0 Å². The van der Waals surface area contributed by atoms with Gasteiger partial charge < -0.3 is 19.3 Å². The summed E-state index contributed by atoms with van der Waals surface area (Å²) in [4.78, 5) is 14.5. The number of carboxylic acid groups (broad SMARTS) is 1. The largest absolute Gasteiger partial charge is 0.477 e. The van der Waals surface area contributed by atoms with Gasteiger partial charge in [0.1, 0.15) is 11.7 Å². The van der Waals surface area contributed by atoms with E-state index in [1.165, 1.54) is 16.2 Å². The van der Waals surface area contributed by atoms with Crippen molar-refractivity contribution in [3.63, 3.8) is 0 Å². The Kier molecular flexibility index (Phi) is 7.01. The number of methoxy groups -OCH3 is 1. The molecular formula is C15H18O5S2. The molecule has 0 saturated carbocycles. The first-order chi connectivity index (χ1) is 10.7. The highest BCUT2D eigenvalue weighted by Crippen LogP contribution is 2.33. The van der Waals surface area contributed by atoms with Crippen molar-refractivity contribution in [3.05, 3.63) is 34.0 Å². The fourth-order valence-corrected chi connectivity index (χ4v) is 3.65. The summed E-state index contributed by atoms with van der Waals surface area (Å²) in [6, 6.07) is 7.56. The van der Waals surface area contributed by atoms with Crippen LogP contribution in [0, 0.1) is 0 Å². The highest BCUT2D eigenvalue weighted by Gasteiger charge is 2.10. The predicted octanol–water partition coefficient (Wildman–Crippen LogP) is 3.35. The Morgan fingerprint density at radius 3 is 2.50 bits per heavy atom. The molecule has 22 heavy (non-hydrogen) atoms. The van der Waals surface area contributed by atoms with Crippen molar-refractivity contribution in [2.45, 2.75) is 6.42 Å². The average molecular weight is 342 g/mol. The van der Waals surface area contributed by atoms with Crippen LogP contribution in [-0.2, 0) is 20.6 Å². The van der Waals surface area contributed by atoms with Crippen LogP contribution < -0.4 is 0 Å². The van der Waals surface area contributed by atoms with Crippen LogP contribution in [-0.4, -0.2) is 44.8 Å². The molecule has 0 bridgehead atoms. The van der Waals surface area contributed by atoms with Gasteiger partial charge in [0.15, 0.2) is 0 Å². The maximum absolute atomic E-state index is 10.9. The number of hydrogen-bond acceptors (Lipinski definition) is 6. The van der Waals surface area contributed by atoms with Gasteiger partial charge >= 0.3 is 5.97 Å². The second-order valence-electron chi connectivity index (χ2n) is 4.41. The maximum atomic E-state index is 10.9. The highest BCUT2D eigenvalue weighted by atomic mass is 32.1. The smallest absolute Gasteiger partial charge is 0.345 e. The Balaban J connectivity index is 1.75. The fourth-order valence-electron chi connectivity index (χ4n) is 1.72. The van der Waals surface area contributed by atoms with Crippen LogP contribution in [0.25, 0.3) is 9.75 Å². The second kappa shape index (κ2) is 9.02. The minimum absolute atomic E-state index is 0.272. The summed E-state index contributed by atoms with van der Waals surface area (Å²) in [6.07, 6.45) is 0.815.